The van der Waals surface area contributed by atoms with Crippen molar-refractivity contribution in [2.24, 2.45) is 0 Å². The van der Waals surface area contributed by atoms with Crippen LogP contribution >= 0.6 is 11.6 Å². The van der Waals surface area contributed by atoms with Gasteiger partial charge in [-0.2, -0.15) is 0 Å². The van der Waals surface area contributed by atoms with Crippen LogP contribution in [0, 0.1) is 11.6 Å². The van der Waals surface area contributed by atoms with E-state index in [2.05, 4.69) is 21.9 Å². The molecule has 2 saturated heterocycles. The number of aromatic nitrogens is 2. The van der Waals surface area contributed by atoms with Gasteiger partial charge >= 0.3 is 0 Å². The van der Waals surface area contributed by atoms with E-state index in [0.717, 1.165) is 31.3 Å². The zero-order valence-corrected chi connectivity index (χ0v) is 19.8. The highest BCUT2D eigenvalue weighted by molar-refractivity contribution is 6.31. The van der Waals surface area contributed by atoms with Crippen molar-refractivity contribution in [2.75, 3.05) is 58.3 Å². The van der Waals surface area contributed by atoms with Gasteiger partial charge in [0.1, 0.15) is 11.5 Å². The number of hydrogen-bond acceptors (Lipinski definition) is 5. The molecule has 3 aromatic rings. The predicted octanol–water partition coefficient (Wildman–Crippen LogP) is 3.88. The number of carbonyl (C=O) groups is 1. The summed E-state index contributed by atoms with van der Waals surface area (Å²) in [6.07, 6.45) is 2.12. The van der Waals surface area contributed by atoms with Crippen LogP contribution in [0.25, 0.3) is 10.9 Å². The molecule has 1 amide bonds. The summed E-state index contributed by atoms with van der Waals surface area (Å²) in [4.78, 5) is 26.3. The average Bonchev–Trinajstić information content (AvgIpc) is 3.48. The first-order valence-electron chi connectivity index (χ1n) is 11.3. The van der Waals surface area contributed by atoms with E-state index in [0.29, 0.717) is 48.8 Å². The summed E-state index contributed by atoms with van der Waals surface area (Å²) < 4.78 is 33.6. The molecule has 0 spiro atoms. The molecule has 34 heavy (non-hydrogen) atoms. The normalized spacial score (nSPS) is 19.3. The number of anilines is 1. The molecule has 0 aliphatic carbocycles. The van der Waals surface area contributed by atoms with Crippen molar-refractivity contribution in [1.29, 1.82) is 0 Å². The molecule has 10 heteroatoms. The van der Waals surface area contributed by atoms with Gasteiger partial charge in [0.25, 0.3) is 5.91 Å². The van der Waals surface area contributed by atoms with Crippen molar-refractivity contribution < 1.29 is 18.3 Å². The quantitative estimate of drug-likeness (QED) is 0.602. The highest BCUT2D eigenvalue weighted by Crippen LogP contribution is 2.37. The molecule has 2 aliphatic heterocycles. The first kappa shape index (κ1) is 22.9. The number of likely N-dealkylation sites (N-methyl/N-ethyl adjacent to an activating group) is 1. The molecule has 180 valence electrons. The van der Waals surface area contributed by atoms with Gasteiger partial charge in [-0.05, 0) is 43.6 Å². The molecule has 1 aromatic carbocycles. The second-order valence-corrected chi connectivity index (χ2v) is 9.35. The first-order valence-corrected chi connectivity index (χ1v) is 11.7. The third-order valence-corrected chi connectivity index (χ3v) is 7.06. The third kappa shape index (κ3) is 4.07. The summed E-state index contributed by atoms with van der Waals surface area (Å²) >= 11 is 6.20. The van der Waals surface area contributed by atoms with Gasteiger partial charge < -0.3 is 24.4 Å². The standard InChI is InChI=1S/C24H26ClF2N5O2/c1-30-4-3-14(13-30)16-10-18(25)21(27)22-17(16)11-19(29-22)24(33)32-7-5-31(6-8-32)23-20(34-2)9-15(26)12-28-23/h9-12,14,29H,3-8,13H2,1-2H3. The summed E-state index contributed by atoms with van der Waals surface area (Å²) in [5.74, 6) is -0.0578. The van der Waals surface area contributed by atoms with Gasteiger partial charge in [0.2, 0.25) is 0 Å². The van der Waals surface area contributed by atoms with Crippen molar-refractivity contribution in [3.8, 4) is 5.75 Å². The van der Waals surface area contributed by atoms with E-state index in [9.17, 15) is 13.6 Å². The van der Waals surface area contributed by atoms with Gasteiger partial charge in [0, 0.05) is 44.2 Å². The van der Waals surface area contributed by atoms with Crippen LogP contribution in [0.4, 0.5) is 14.6 Å². The number of carbonyl (C=O) groups excluding carboxylic acids is 1. The van der Waals surface area contributed by atoms with Gasteiger partial charge in [-0.25, -0.2) is 13.8 Å². The van der Waals surface area contributed by atoms with Crippen molar-refractivity contribution >= 4 is 34.2 Å². The Balaban J connectivity index is 1.37. The van der Waals surface area contributed by atoms with Crippen LogP contribution in [0.15, 0.2) is 24.4 Å². The molecule has 0 bridgehead atoms. The molecule has 1 unspecified atom stereocenters. The summed E-state index contributed by atoms with van der Waals surface area (Å²) in [6.45, 7) is 3.76. The van der Waals surface area contributed by atoms with Gasteiger partial charge in [-0.1, -0.05) is 11.6 Å². The number of hydrogen-bond donors (Lipinski definition) is 1. The fraction of sp³-hybridized carbons (Fsp3) is 0.417. The van der Waals surface area contributed by atoms with Crippen LogP contribution in [-0.2, 0) is 0 Å². The van der Waals surface area contributed by atoms with E-state index in [1.165, 1.54) is 13.2 Å². The smallest absolute Gasteiger partial charge is 0.270 e. The number of nitrogens with one attached hydrogen (secondary N) is 1. The molecule has 2 aromatic heterocycles. The minimum atomic E-state index is -0.537. The Morgan fingerprint density at radius 1 is 1.18 bits per heavy atom. The number of piperazine rings is 1. The maximum Gasteiger partial charge on any atom is 0.270 e. The molecule has 0 saturated carbocycles. The predicted molar refractivity (Wildman–Crippen MR) is 127 cm³/mol. The highest BCUT2D eigenvalue weighted by atomic mass is 35.5. The summed E-state index contributed by atoms with van der Waals surface area (Å²) in [7, 11) is 3.53. The van der Waals surface area contributed by atoms with E-state index >= 15 is 0 Å². The number of ether oxygens (including phenoxy) is 1. The number of pyridine rings is 1. The van der Waals surface area contributed by atoms with Crippen LogP contribution in [0.5, 0.6) is 5.75 Å². The number of aromatic amines is 1. The molecule has 2 aliphatic rings. The average molecular weight is 490 g/mol. The van der Waals surface area contributed by atoms with E-state index in [-0.39, 0.29) is 22.4 Å². The van der Waals surface area contributed by atoms with E-state index < -0.39 is 11.6 Å². The summed E-state index contributed by atoms with van der Waals surface area (Å²) in [6, 6.07) is 4.75. The lowest BCUT2D eigenvalue weighted by molar-refractivity contribution is 0.0741. The lowest BCUT2D eigenvalue weighted by atomic mass is 9.95. The number of methoxy groups -OCH3 is 1. The first-order chi connectivity index (χ1) is 16.4. The van der Waals surface area contributed by atoms with Crippen molar-refractivity contribution in [3.05, 3.63) is 52.3 Å². The van der Waals surface area contributed by atoms with Gasteiger partial charge in [0.05, 0.1) is 23.8 Å². The maximum absolute atomic E-state index is 14.8. The van der Waals surface area contributed by atoms with E-state index in [1.54, 1.807) is 17.0 Å². The van der Waals surface area contributed by atoms with E-state index in [1.807, 2.05) is 4.90 Å². The third-order valence-electron chi connectivity index (χ3n) is 6.79. The van der Waals surface area contributed by atoms with Crippen LogP contribution in [0.3, 0.4) is 0 Å². The fourth-order valence-corrected chi connectivity index (χ4v) is 5.20. The molecule has 0 radical (unpaired) electrons. The highest BCUT2D eigenvalue weighted by Gasteiger charge is 2.29. The molecule has 5 rings (SSSR count). The lowest BCUT2D eigenvalue weighted by Crippen LogP contribution is -2.49. The van der Waals surface area contributed by atoms with Gasteiger partial charge in [-0.3, -0.25) is 4.79 Å². The molecule has 2 fully saturated rings. The van der Waals surface area contributed by atoms with Crippen molar-refractivity contribution in [1.82, 2.24) is 19.8 Å². The van der Waals surface area contributed by atoms with Crippen LogP contribution in [0.1, 0.15) is 28.4 Å². The monoisotopic (exact) mass is 489 g/mol. The van der Waals surface area contributed by atoms with Gasteiger partial charge in [-0.15, -0.1) is 0 Å². The van der Waals surface area contributed by atoms with E-state index in [4.69, 9.17) is 16.3 Å². The largest absolute Gasteiger partial charge is 0.493 e. The zero-order chi connectivity index (χ0) is 24.0. The Bertz CT molecular complexity index is 1240. The number of halogens is 3. The Morgan fingerprint density at radius 3 is 2.62 bits per heavy atom. The van der Waals surface area contributed by atoms with Crippen molar-refractivity contribution in [2.45, 2.75) is 12.3 Å². The van der Waals surface area contributed by atoms with Gasteiger partial charge in [0.15, 0.2) is 17.4 Å². The number of nitrogens with zero attached hydrogens (tertiary/aromatic N) is 4. The van der Waals surface area contributed by atoms with Crippen molar-refractivity contribution in [3.63, 3.8) is 0 Å². The molecule has 1 atom stereocenters. The molecule has 4 heterocycles. The zero-order valence-electron chi connectivity index (χ0n) is 19.1. The SMILES string of the molecule is COc1cc(F)cnc1N1CCN(C(=O)c2cc3c(C4CCN(C)C4)cc(Cl)c(F)c3[nH]2)CC1. The number of rotatable bonds is 4. The molecular weight excluding hydrogens is 464 g/mol. The fourth-order valence-electron chi connectivity index (χ4n) is 4.99. The number of likely N-dealkylation sites (tertiary alicyclic amines) is 1. The number of H-pyrrole nitrogens is 1. The van der Waals surface area contributed by atoms with Crippen LogP contribution < -0.4 is 9.64 Å². The molecular formula is C24H26ClF2N5O2. The Kier molecular flexibility index (Phi) is 6.07. The Labute approximate surface area is 201 Å². The van der Waals surface area contributed by atoms with Crippen LogP contribution in [-0.4, -0.2) is 79.1 Å². The number of benzene rings is 1. The number of amides is 1. The number of fused-ring (bicyclic) bond motifs is 1. The molecule has 7 nitrogen and oxygen atoms in total. The molecule has 1 N–H and O–H groups in total. The lowest BCUT2D eigenvalue weighted by Gasteiger charge is -2.35. The minimum absolute atomic E-state index is 0.0623. The van der Waals surface area contributed by atoms with Crippen LogP contribution in [0.2, 0.25) is 5.02 Å². The maximum atomic E-state index is 14.8. The second kappa shape index (κ2) is 9.03. The summed E-state index contributed by atoms with van der Waals surface area (Å²) in [5.41, 5.74) is 1.59. The topological polar surface area (TPSA) is 64.7 Å². The second-order valence-electron chi connectivity index (χ2n) is 8.94. The summed E-state index contributed by atoms with van der Waals surface area (Å²) in [5, 5.41) is 0.775. The minimum Gasteiger partial charge on any atom is -0.493 e. The Hall–Kier alpha value is -2.91. The Morgan fingerprint density at radius 2 is 1.94 bits per heavy atom.